The second-order valence-corrected chi connectivity index (χ2v) is 7.29. The van der Waals surface area contributed by atoms with Gasteiger partial charge in [-0.15, -0.1) is 0 Å². The Hall–Kier alpha value is -4.19. The first-order chi connectivity index (χ1) is 15.1. The summed E-state index contributed by atoms with van der Waals surface area (Å²) >= 11 is 0. The minimum Gasteiger partial charge on any atom is -0.497 e. The predicted molar refractivity (Wildman–Crippen MR) is 122 cm³/mol. The van der Waals surface area contributed by atoms with Crippen molar-refractivity contribution in [2.24, 2.45) is 0 Å². The van der Waals surface area contributed by atoms with Crippen molar-refractivity contribution in [3.8, 4) is 5.75 Å². The lowest BCUT2D eigenvalue weighted by Crippen LogP contribution is -2.23. The van der Waals surface area contributed by atoms with E-state index in [0.717, 1.165) is 22.1 Å². The molecule has 0 unspecified atom stereocenters. The van der Waals surface area contributed by atoms with E-state index in [0.29, 0.717) is 34.0 Å². The van der Waals surface area contributed by atoms with Crippen LogP contribution in [0, 0.1) is 0 Å². The average molecular weight is 409 g/mol. The van der Waals surface area contributed by atoms with Crippen molar-refractivity contribution >= 4 is 38.6 Å². The molecule has 152 valence electrons. The number of hydrogen-bond acceptors (Lipinski definition) is 4. The first-order valence-corrected chi connectivity index (χ1v) is 9.90. The fourth-order valence-corrected chi connectivity index (χ4v) is 3.77. The monoisotopic (exact) mass is 409 g/mol. The average Bonchev–Trinajstić information content (AvgIpc) is 2.81. The Bertz CT molecular complexity index is 1500. The lowest BCUT2D eigenvalue weighted by molar-refractivity contribution is 0.0952. The molecule has 0 aliphatic carbocycles. The maximum Gasteiger partial charge on any atom is 0.257 e. The quantitative estimate of drug-likeness (QED) is 0.345. The summed E-state index contributed by atoms with van der Waals surface area (Å²) in [6, 6.07) is 22.3. The molecular weight excluding hydrogens is 390 g/mol. The van der Waals surface area contributed by atoms with Gasteiger partial charge < -0.3 is 15.0 Å². The molecule has 0 aliphatic heterocycles. The molecule has 0 fully saturated rings. The van der Waals surface area contributed by atoms with E-state index >= 15 is 0 Å². The topological polar surface area (TPSA) is 84.1 Å². The van der Waals surface area contributed by atoms with Crippen LogP contribution in [0.25, 0.3) is 32.7 Å². The normalized spacial score (nSPS) is 11.1. The maximum absolute atomic E-state index is 13.0. The van der Waals surface area contributed by atoms with Crippen molar-refractivity contribution in [1.82, 2.24) is 15.3 Å². The van der Waals surface area contributed by atoms with E-state index < -0.39 is 0 Å². The molecule has 3 aromatic carbocycles. The van der Waals surface area contributed by atoms with E-state index in [9.17, 15) is 9.59 Å². The molecule has 2 heterocycles. The van der Waals surface area contributed by atoms with E-state index in [1.54, 1.807) is 25.3 Å². The second kappa shape index (κ2) is 7.57. The summed E-state index contributed by atoms with van der Waals surface area (Å²) in [6.45, 7) is 0.384. The van der Waals surface area contributed by atoms with Crippen LogP contribution >= 0.6 is 0 Å². The number of nitrogens with one attached hydrogen (secondary N) is 2. The van der Waals surface area contributed by atoms with Gasteiger partial charge in [0.25, 0.3) is 11.5 Å². The molecule has 0 atom stereocenters. The number of fused-ring (bicyclic) bond motifs is 4. The summed E-state index contributed by atoms with van der Waals surface area (Å²) in [5, 5.41) is 5.04. The van der Waals surface area contributed by atoms with Gasteiger partial charge in [-0.1, -0.05) is 42.5 Å². The molecule has 5 rings (SSSR count). The third kappa shape index (κ3) is 3.38. The van der Waals surface area contributed by atoms with Crippen LogP contribution in [0.3, 0.4) is 0 Å². The van der Waals surface area contributed by atoms with Crippen molar-refractivity contribution in [1.29, 1.82) is 0 Å². The van der Waals surface area contributed by atoms with Gasteiger partial charge in [0.05, 0.1) is 34.6 Å². The van der Waals surface area contributed by atoms with E-state index in [4.69, 9.17) is 9.72 Å². The SMILES string of the molecule is COc1ccc(CNC(=O)c2cccc3cc4c(=O)[nH]c5ccccc5c4nc23)cc1. The largest absolute Gasteiger partial charge is 0.497 e. The molecule has 0 aliphatic rings. The number of benzene rings is 3. The first kappa shape index (κ1) is 18.8. The first-order valence-electron chi connectivity index (χ1n) is 9.90. The molecule has 6 heteroatoms. The van der Waals surface area contributed by atoms with Crippen LogP contribution in [-0.4, -0.2) is 23.0 Å². The van der Waals surface area contributed by atoms with Gasteiger partial charge in [0.15, 0.2) is 0 Å². The van der Waals surface area contributed by atoms with Crippen molar-refractivity contribution in [2.75, 3.05) is 7.11 Å². The van der Waals surface area contributed by atoms with Crippen molar-refractivity contribution in [2.45, 2.75) is 6.54 Å². The number of hydrogen-bond donors (Lipinski definition) is 2. The van der Waals surface area contributed by atoms with Gasteiger partial charge in [-0.2, -0.15) is 0 Å². The molecule has 0 spiro atoms. The van der Waals surface area contributed by atoms with E-state index in [-0.39, 0.29) is 11.5 Å². The van der Waals surface area contributed by atoms with Crippen LogP contribution < -0.4 is 15.6 Å². The molecule has 0 saturated heterocycles. The minimum absolute atomic E-state index is 0.197. The number of H-pyrrole nitrogens is 1. The standard InChI is InChI=1S/C25H19N3O3/c1-31-17-11-9-15(10-12-17)14-26-24(29)19-7-4-5-16-13-20-23(28-22(16)19)18-6-2-3-8-21(18)27-25(20)30/h2-13H,14H2,1H3,(H,26,29)(H,27,30). The number of para-hydroxylation sites is 2. The van der Waals surface area contributed by atoms with Crippen LogP contribution in [0.1, 0.15) is 15.9 Å². The predicted octanol–water partition coefficient (Wildman–Crippen LogP) is 4.17. The molecule has 0 saturated carbocycles. The number of carbonyl (C=O) groups excluding carboxylic acids is 1. The summed E-state index contributed by atoms with van der Waals surface area (Å²) in [7, 11) is 1.62. The molecule has 31 heavy (non-hydrogen) atoms. The van der Waals surface area contributed by atoms with Crippen LogP contribution in [0.5, 0.6) is 5.75 Å². The van der Waals surface area contributed by atoms with Crippen LogP contribution in [0.4, 0.5) is 0 Å². The molecule has 1 amide bonds. The van der Waals surface area contributed by atoms with Crippen LogP contribution in [-0.2, 0) is 6.54 Å². The lowest BCUT2D eigenvalue weighted by atomic mass is 10.1. The smallest absolute Gasteiger partial charge is 0.257 e. The van der Waals surface area contributed by atoms with Crippen molar-refractivity contribution in [3.05, 3.63) is 94.3 Å². The fourth-order valence-electron chi connectivity index (χ4n) is 3.77. The fraction of sp³-hybridized carbons (Fsp3) is 0.0800. The molecule has 5 aromatic rings. The molecular formula is C25H19N3O3. The van der Waals surface area contributed by atoms with Crippen molar-refractivity contribution in [3.63, 3.8) is 0 Å². The molecule has 2 N–H and O–H groups in total. The van der Waals surface area contributed by atoms with Crippen LogP contribution in [0.15, 0.2) is 77.6 Å². The Morgan fingerprint density at radius 2 is 1.77 bits per heavy atom. The number of carbonyl (C=O) groups is 1. The zero-order chi connectivity index (χ0) is 21.4. The number of nitrogens with zero attached hydrogens (tertiary/aromatic N) is 1. The maximum atomic E-state index is 13.0. The highest BCUT2D eigenvalue weighted by Gasteiger charge is 2.14. The number of aromatic amines is 1. The number of pyridine rings is 2. The zero-order valence-corrected chi connectivity index (χ0v) is 16.8. The Labute approximate surface area is 177 Å². The zero-order valence-electron chi connectivity index (χ0n) is 16.8. The number of methoxy groups -OCH3 is 1. The van der Waals surface area contributed by atoms with E-state index in [2.05, 4.69) is 10.3 Å². The summed E-state index contributed by atoms with van der Waals surface area (Å²) in [5.74, 6) is 0.546. The highest BCUT2D eigenvalue weighted by Crippen LogP contribution is 2.25. The Balaban J connectivity index is 1.57. The van der Waals surface area contributed by atoms with E-state index in [1.807, 2.05) is 54.6 Å². The van der Waals surface area contributed by atoms with Gasteiger partial charge in [0, 0.05) is 17.3 Å². The van der Waals surface area contributed by atoms with Gasteiger partial charge in [-0.05, 0) is 35.9 Å². The number of amides is 1. The summed E-state index contributed by atoms with van der Waals surface area (Å²) < 4.78 is 5.17. The second-order valence-electron chi connectivity index (χ2n) is 7.29. The Morgan fingerprint density at radius 1 is 0.968 bits per heavy atom. The van der Waals surface area contributed by atoms with Gasteiger partial charge in [-0.3, -0.25) is 9.59 Å². The van der Waals surface area contributed by atoms with Gasteiger partial charge in [0.1, 0.15) is 5.75 Å². The van der Waals surface area contributed by atoms with Gasteiger partial charge in [-0.25, -0.2) is 4.98 Å². The minimum atomic E-state index is -0.220. The molecule has 0 radical (unpaired) electrons. The van der Waals surface area contributed by atoms with Crippen LogP contribution in [0.2, 0.25) is 0 Å². The number of rotatable bonds is 4. The highest BCUT2D eigenvalue weighted by molar-refractivity contribution is 6.11. The molecule has 0 bridgehead atoms. The summed E-state index contributed by atoms with van der Waals surface area (Å²) in [6.07, 6.45) is 0. The third-order valence-electron chi connectivity index (χ3n) is 5.38. The molecule has 2 aromatic heterocycles. The third-order valence-corrected chi connectivity index (χ3v) is 5.38. The Morgan fingerprint density at radius 3 is 2.58 bits per heavy atom. The lowest BCUT2D eigenvalue weighted by Gasteiger charge is -2.10. The number of ether oxygens (including phenoxy) is 1. The van der Waals surface area contributed by atoms with Gasteiger partial charge in [0.2, 0.25) is 0 Å². The van der Waals surface area contributed by atoms with Crippen molar-refractivity contribution < 1.29 is 9.53 Å². The van der Waals surface area contributed by atoms with Gasteiger partial charge >= 0.3 is 0 Å². The van der Waals surface area contributed by atoms with E-state index in [1.165, 1.54) is 0 Å². The summed E-state index contributed by atoms with van der Waals surface area (Å²) in [5.41, 5.74) is 3.11. The summed E-state index contributed by atoms with van der Waals surface area (Å²) in [4.78, 5) is 33.2. The molecule has 6 nitrogen and oxygen atoms in total. The number of aromatic nitrogens is 2. The highest BCUT2D eigenvalue weighted by atomic mass is 16.5. The Kier molecular flexibility index (Phi) is 4.59.